The van der Waals surface area contributed by atoms with Crippen LogP contribution in [0.1, 0.15) is 32.8 Å². The van der Waals surface area contributed by atoms with Gasteiger partial charge in [-0.15, -0.1) is 0 Å². The molecule has 0 bridgehead atoms. The summed E-state index contributed by atoms with van der Waals surface area (Å²) in [5.41, 5.74) is 7.29. The summed E-state index contributed by atoms with van der Waals surface area (Å²) in [7, 11) is 0. The van der Waals surface area contributed by atoms with E-state index in [4.69, 9.17) is 10.5 Å². The fourth-order valence-electron chi connectivity index (χ4n) is 2.00. The Labute approximate surface area is 105 Å². The van der Waals surface area contributed by atoms with Crippen molar-refractivity contribution in [2.45, 2.75) is 34.1 Å². The van der Waals surface area contributed by atoms with E-state index in [1.165, 1.54) is 5.56 Å². The molecule has 0 aliphatic rings. The first-order chi connectivity index (χ1) is 7.92. The summed E-state index contributed by atoms with van der Waals surface area (Å²) in [6.45, 7) is 10.2. The molecule has 2 heteroatoms. The van der Waals surface area contributed by atoms with Crippen LogP contribution in [0.5, 0.6) is 5.75 Å². The average Bonchev–Trinajstić information content (AvgIpc) is 2.24. The second-order valence-corrected chi connectivity index (χ2v) is 5.94. The van der Waals surface area contributed by atoms with Crippen LogP contribution in [0.2, 0.25) is 0 Å². The van der Waals surface area contributed by atoms with E-state index in [0.29, 0.717) is 24.5 Å². The maximum atomic E-state index is 5.86. The van der Waals surface area contributed by atoms with Gasteiger partial charge in [0.15, 0.2) is 0 Å². The Morgan fingerprint density at radius 1 is 1.24 bits per heavy atom. The van der Waals surface area contributed by atoms with Gasteiger partial charge in [-0.1, -0.05) is 39.0 Å². The van der Waals surface area contributed by atoms with Crippen molar-refractivity contribution in [2.24, 2.45) is 17.1 Å². The van der Waals surface area contributed by atoms with E-state index in [2.05, 4.69) is 33.8 Å². The molecule has 17 heavy (non-hydrogen) atoms. The smallest absolute Gasteiger partial charge is 0.122 e. The number of nitrogens with two attached hydrogens (primary N) is 1. The molecule has 96 valence electrons. The lowest BCUT2D eigenvalue weighted by atomic mass is 9.85. The van der Waals surface area contributed by atoms with Gasteiger partial charge in [0, 0.05) is 5.92 Å². The van der Waals surface area contributed by atoms with E-state index < -0.39 is 0 Å². The zero-order chi connectivity index (χ0) is 12.9. The summed E-state index contributed by atoms with van der Waals surface area (Å²) in [6, 6.07) is 8.11. The Bertz CT molecular complexity index is 341. The summed E-state index contributed by atoms with van der Waals surface area (Å²) >= 11 is 0. The fraction of sp³-hybridized carbons (Fsp3) is 0.600. The highest BCUT2D eigenvalue weighted by Crippen LogP contribution is 2.25. The standard InChI is InChI=1S/C15H25NO/c1-12-7-5-6-8-14(12)17-11-13(10-16)9-15(2,3)4/h5-8,13H,9-11,16H2,1-4H3. The molecule has 0 aliphatic carbocycles. The van der Waals surface area contributed by atoms with Gasteiger partial charge in [-0.3, -0.25) is 0 Å². The van der Waals surface area contributed by atoms with E-state index in [9.17, 15) is 0 Å². The largest absolute Gasteiger partial charge is 0.493 e. The highest BCUT2D eigenvalue weighted by atomic mass is 16.5. The normalized spacial score (nSPS) is 13.5. The first kappa shape index (κ1) is 14.0. The van der Waals surface area contributed by atoms with Crippen molar-refractivity contribution in [1.29, 1.82) is 0 Å². The van der Waals surface area contributed by atoms with E-state index in [1.54, 1.807) is 0 Å². The van der Waals surface area contributed by atoms with Crippen LogP contribution < -0.4 is 10.5 Å². The fourth-order valence-corrected chi connectivity index (χ4v) is 2.00. The Morgan fingerprint density at radius 2 is 1.88 bits per heavy atom. The Morgan fingerprint density at radius 3 is 2.41 bits per heavy atom. The molecule has 1 aromatic rings. The maximum Gasteiger partial charge on any atom is 0.122 e. The van der Waals surface area contributed by atoms with Crippen molar-refractivity contribution >= 4 is 0 Å². The van der Waals surface area contributed by atoms with Crippen molar-refractivity contribution < 1.29 is 4.74 Å². The van der Waals surface area contributed by atoms with Gasteiger partial charge in [0.2, 0.25) is 0 Å². The third-order valence-corrected chi connectivity index (χ3v) is 2.80. The van der Waals surface area contributed by atoms with Gasteiger partial charge < -0.3 is 10.5 Å². The number of hydrogen-bond acceptors (Lipinski definition) is 2. The average molecular weight is 235 g/mol. The van der Waals surface area contributed by atoms with Crippen LogP contribution in [0, 0.1) is 18.3 Å². The highest BCUT2D eigenvalue weighted by molar-refractivity contribution is 5.31. The quantitative estimate of drug-likeness (QED) is 0.849. The molecule has 1 unspecified atom stereocenters. The molecular weight excluding hydrogens is 210 g/mol. The molecule has 2 N–H and O–H groups in total. The molecule has 0 spiro atoms. The predicted octanol–water partition coefficient (Wildman–Crippen LogP) is 3.38. The summed E-state index contributed by atoms with van der Waals surface area (Å²) < 4.78 is 5.86. The SMILES string of the molecule is Cc1ccccc1OCC(CN)CC(C)(C)C. The molecule has 1 atom stereocenters. The maximum absolute atomic E-state index is 5.86. The van der Waals surface area contributed by atoms with Crippen molar-refractivity contribution in [3.05, 3.63) is 29.8 Å². The lowest BCUT2D eigenvalue weighted by Gasteiger charge is -2.25. The molecule has 0 aliphatic heterocycles. The topological polar surface area (TPSA) is 35.2 Å². The molecule has 1 rings (SSSR count). The summed E-state index contributed by atoms with van der Waals surface area (Å²) in [5, 5.41) is 0. The second kappa shape index (κ2) is 6.06. The molecule has 0 amide bonds. The third-order valence-electron chi connectivity index (χ3n) is 2.80. The van der Waals surface area contributed by atoms with Crippen molar-refractivity contribution in [2.75, 3.05) is 13.2 Å². The van der Waals surface area contributed by atoms with E-state index >= 15 is 0 Å². The summed E-state index contributed by atoms with van der Waals surface area (Å²) in [6.07, 6.45) is 1.09. The highest BCUT2D eigenvalue weighted by Gasteiger charge is 2.18. The van der Waals surface area contributed by atoms with Gasteiger partial charge in [0.05, 0.1) is 6.61 Å². The van der Waals surface area contributed by atoms with Crippen LogP contribution in [0.3, 0.4) is 0 Å². The van der Waals surface area contributed by atoms with Crippen LogP contribution in [0.25, 0.3) is 0 Å². The van der Waals surface area contributed by atoms with Crippen LogP contribution in [-0.4, -0.2) is 13.2 Å². The first-order valence-corrected chi connectivity index (χ1v) is 6.31. The minimum absolute atomic E-state index is 0.305. The number of rotatable bonds is 5. The molecule has 0 aromatic heterocycles. The second-order valence-electron chi connectivity index (χ2n) is 5.94. The molecule has 0 radical (unpaired) electrons. The Kier molecular flexibility index (Phi) is 5.01. The Balaban J connectivity index is 2.51. The van der Waals surface area contributed by atoms with Crippen molar-refractivity contribution in [1.82, 2.24) is 0 Å². The van der Waals surface area contributed by atoms with Gasteiger partial charge in [-0.05, 0) is 36.9 Å². The molecule has 1 aromatic carbocycles. The van der Waals surface area contributed by atoms with Gasteiger partial charge in [0.25, 0.3) is 0 Å². The first-order valence-electron chi connectivity index (χ1n) is 6.31. The minimum atomic E-state index is 0.305. The van der Waals surface area contributed by atoms with E-state index in [-0.39, 0.29) is 0 Å². The predicted molar refractivity (Wildman–Crippen MR) is 73.3 cm³/mol. The van der Waals surface area contributed by atoms with E-state index in [1.807, 2.05) is 18.2 Å². The summed E-state index contributed by atoms with van der Waals surface area (Å²) in [5.74, 6) is 1.40. The van der Waals surface area contributed by atoms with Crippen LogP contribution in [-0.2, 0) is 0 Å². The monoisotopic (exact) mass is 235 g/mol. The lowest BCUT2D eigenvalue weighted by Crippen LogP contribution is -2.26. The zero-order valence-corrected chi connectivity index (χ0v) is 11.5. The number of ether oxygens (including phenoxy) is 1. The van der Waals surface area contributed by atoms with Crippen molar-refractivity contribution in [3.63, 3.8) is 0 Å². The van der Waals surface area contributed by atoms with Gasteiger partial charge in [-0.2, -0.15) is 0 Å². The molecule has 0 heterocycles. The number of benzene rings is 1. The Hall–Kier alpha value is -1.02. The number of aryl methyl sites for hydroxylation is 1. The van der Waals surface area contributed by atoms with Crippen LogP contribution in [0.15, 0.2) is 24.3 Å². The third kappa shape index (κ3) is 5.22. The minimum Gasteiger partial charge on any atom is -0.493 e. The summed E-state index contributed by atoms with van der Waals surface area (Å²) in [4.78, 5) is 0. The molecule has 2 nitrogen and oxygen atoms in total. The van der Waals surface area contributed by atoms with Crippen LogP contribution >= 0.6 is 0 Å². The van der Waals surface area contributed by atoms with Crippen LogP contribution in [0.4, 0.5) is 0 Å². The number of hydrogen-bond donors (Lipinski definition) is 1. The zero-order valence-electron chi connectivity index (χ0n) is 11.5. The van der Waals surface area contributed by atoms with Gasteiger partial charge in [-0.25, -0.2) is 0 Å². The molecular formula is C15H25NO. The van der Waals surface area contributed by atoms with Gasteiger partial charge >= 0.3 is 0 Å². The van der Waals surface area contributed by atoms with E-state index in [0.717, 1.165) is 12.2 Å². The number of para-hydroxylation sites is 1. The van der Waals surface area contributed by atoms with Crippen molar-refractivity contribution in [3.8, 4) is 5.75 Å². The lowest BCUT2D eigenvalue weighted by molar-refractivity contribution is 0.199. The molecule has 0 saturated carbocycles. The van der Waals surface area contributed by atoms with Gasteiger partial charge in [0.1, 0.15) is 5.75 Å². The molecule has 0 fully saturated rings. The molecule has 0 saturated heterocycles.